The Bertz CT molecular complexity index is 983. The molecule has 0 aliphatic carbocycles. The lowest BCUT2D eigenvalue weighted by atomic mass is 9.90. The van der Waals surface area contributed by atoms with Gasteiger partial charge in [0.05, 0.1) is 16.8 Å². The van der Waals surface area contributed by atoms with Crippen molar-refractivity contribution in [2.75, 3.05) is 13.1 Å². The van der Waals surface area contributed by atoms with Crippen molar-refractivity contribution in [1.82, 2.24) is 19.7 Å². The third kappa shape index (κ3) is 3.53. The SMILES string of the molecule is NC(=O)c1cc2ccccc2nc1[C@H]1CCCN(C(=O)Cn2cccn2)C1. The number of hydrogen-bond donors (Lipinski definition) is 1. The molecule has 1 aromatic carbocycles. The Morgan fingerprint density at radius 2 is 2.07 bits per heavy atom. The highest BCUT2D eigenvalue weighted by atomic mass is 16.2. The lowest BCUT2D eigenvalue weighted by Gasteiger charge is -2.33. The average molecular weight is 363 g/mol. The number of piperidine rings is 1. The van der Waals surface area contributed by atoms with Crippen LogP contribution in [-0.4, -0.2) is 44.6 Å². The monoisotopic (exact) mass is 363 g/mol. The maximum absolute atomic E-state index is 12.6. The van der Waals surface area contributed by atoms with Crippen LogP contribution in [0.5, 0.6) is 0 Å². The van der Waals surface area contributed by atoms with E-state index in [2.05, 4.69) is 5.10 Å². The Morgan fingerprint density at radius 3 is 2.85 bits per heavy atom. The van der Waals surface area contributed by atoms with E-state index in [1.54, 1.807) is 23.1 Å². The van der Waals surface area contributed by atoms with Gasteiger partial charge in [-0.2, -0.15) is 5.10 Å². The van der Waals surface area contributed by atoms with Gasteiger partial charge in [0.25, 0.3) is 5.91 Å². The van der Waals surface area contributed by atoms with Gasteiger partial charge >= 0.3 is 0 Å². The molecule has 0 spiro atoms. The number of aromatic nitrogens is 3. The molecule has 2 aromatic heterocycles. The van der Waals surface area contributed by atoms with E-state index in [0.717, 1.165) is 23.7 Å². The second-order valence-electron chi connectivity index (χ2n) is 6.86. The van der Waals surface area contributed by atoms with E-state index in [4.69, 9.17) is 10.7 Å². The van der Waals surface area contributed by atoms with E-state index in [9.17, 15) is 9.59 Å². The predicted octanol–water partition coefficient (Wildman–Crippen LogP) is 1.94. The normalized spacial score (nSPS) is 17.2. The Morgan fingerprint density at radius 1 is 1.22 bits per heavy atom. The van der Waals surface area contributed by atoms with Gasteiger partial charge in [0.2, 0.25) is 5.91 Å². The van der Waals surface area contributed by atoms with Gasteiger partial charge < -0.3 is 10.6 Å². The van der Waals surface area contributed by atoms with Gasteiger partial charge in [0.1, 0.15) is 6.54 Å². The zero-order valence-corrected chi connectivity index (χ0v) is 14.9. The fourth-order valence-electron chi connectivity index (χ4n) is 3.70. The second-order valence-corrected chi connectivity index (χ2v) is 6.86. The quantitative estimate of drug-likeness (QED) is 0.766. The molecule has 1 atom stereocenters. The number of rotatable bonds is 4. The summed E-state index contributed by atoms with van der Waals surface area (Å²) in [6, 6.07) is 11.3. The number of fused-ring (bicyclic) bond motifs is 1. The number of nitrogens with two attached hydrogens (primary N) is 1. The summed E-state index contributed by atoms with van der Waals surface area (Å²) in [6.45, 7) is 1.45. The lowest BCUT2D eigenvalue weighted by Crippen LogP contribution is -2.41. The molecule has 138 valence electrons. The number of benzene rings is 1. The van der Waals surface area contributed by atoms with Gasteiger partial charge in [0, 0.05) is 36.8 Å². The summed E-state index contributed by atoms with van der Waals surface area (Å²) in [6.07, 6.45) is 5.17. The Hall–Kier alpha value is -3.22. The number of carbonyl (C=O) groups excluding carboxylic acids is 2. The van der Waals surface area contributed by atoms with Crippen LogP contribution in [-0.2, 0) is 11.3 Å². The second kappa shape index (κ2) is 7.19. The van der Waals surface area contributed by atoms with E-state index in [1.807, 2.05) is 35.2 Å². The Labute approximate surface area is 156 Å². The van der Waals surface area contributed by atoms with Gasteiger partial charge in [-0.05, 0) is 31.0 Å². The number of para-hydroxylation sites is 1. The van der Waals surface area contributed by atoms with Gasteiger partial charge in [-0.25, -0.2) is 0 Å². The fraction of sp³-hybridized carbons (Fsp3) is 0.300. The first kappa shape index (κ1) is 17.2. The van der Waals surface area contributed by atoms with E-state index < -0.39 is 5.91 Å². The molecule has 0 unspecified atom stereocenters. The predicted molar refractivity (Wildman–Crippen MR) is 101 cm³/mol. The minimum absolute atomic E-state index is 0.00701. The number of pyridine rings is 1. The summed E-state index contributed by atoms with van der Waals surface area (Å²) in [4.78, 5) is 31.2. The number of hydrogen-bond acceptors (Lipinski definition) is 4. The molecule has 3 heterocycles. The molecule has 0 bridgehead atoms. The summed E-state index contributed by atoms with van der Waals surface area (Å²) in [5.41, 5.74) is 7.59. The Kier molecular flexibility index (Phi) is 4.58. The molecule has 1 aliphatic heterocycles. The van der Waals surface area contributed by atoms with Crippen molar-refractivity contribution in [2.24, 2.45) is 5.73 Å². The van der Waals surface area contributed by atoms with Crippen molar-refractivity contribution in [3.05, 3.63) is 60.0 Å². The first-order chi connectivity index (χ1) is 13.1. The summed E-state index contributed by atoms with van der Waals surface area (Å²) < 4.78 is 1.62. The first-order valence-electron chi connectivity index (χ1n) is 9.06. The molecule has 1 aliphatic rings. The van der Waals surface area contributed by atoms with Crippen LogP contribution in [0.4, 0.5) is 0 Å². The van der Waals surface area contributed by atoms with Gasteiger partial charge in [0.15, 0.2) is 0 Å². The zero-order chi connectivity index (χ0) is 18.8. The molecule has 1 saturated heterocycles. The average Bonchev–Trinajstić information content (AvgIpc) is 3.20. The van der Waals surface area contributed by atoms with Gasteiger partial charge in [-0.3, -0.25) is 19.3 Å². The van der Waals surface area contributed by atoms with E-state index in [1.165, 1.54) is 0 Å². The van der Waals surface area contributed by atoms with Crippen LogP contribution in [0, 0.1) is 0 Å². The molecule has 7 nitrogen and oxygen atoms in total. The number of amides is 2. The summed E-state index contributed by atoms with van der Waals surface area (Å²) in [5.74, 6) is -0.472. The van der Waals surface area contributed by atoms with Crippen molar-refractivity contribution >= 4 is 22.7 Å². The topological polar surface area (TPSA) is 94.1 Å². The summed E-state index contributed by atoms with van der Waals surface area (Å²) >= 11 is 0. The highest BCUT2D eigenvalue weighted by molar-refractivity contribution is 5.97. The lowest BCUT2D eigenvalue weighted by molar-refractivity contribution is -0.133. The van der Waals surface area contributed by atoms with Crippen LogP contribution in [0.2, 0.25) is 0 Å². The molecular weight excluding hydrogens is 342 g/mol. The van der Waals surface area contributed by atoms with Crippen LogP contribution >= 0.6 is 0 Å². The standard InChI is InChI=1S/C20H21N5O2/c21-20(27)16-11-14-5-1-2-7-17(14)23-19(16)15-6-3-9-24(12-15)18(26)13-25-10-4-8-22-25/h1-2,4-5,7-8,10-11,15H,3,6,9,12-13H2,(H2,21,27)/t15-/m0/s1. The molecule has 3 aromatic rings. The third-order valence-corrected chi connectivity index (χ3v) is 5.04. The van der Waals surface area contributed by atoms with E-state index >= 15 is 0 Å². The summed E-state index contributed by atoms with van der Waals surface area (Å²) in [7, 11) is 0. The van der Waals surface area contributed by atoms with Crippen molar-refractivity contribution in [3.63, 3.8) is 0 Å². The minimum atomic E-state index is -0.483. The minimum Gasteiger partial charge on any atom is -0.366 e. The van der Waals surface area contributed by atoms with E-state index in [0.29, 0.717) is 24.3 Å². The number of primary amides is 1. The van der Waals surface area contributed by atoms with Crippen molar-refractivity contribution in [1.29, 1.82) is 0 Å². The molecule has 2 N–H and O–H groups in total. The van der Waals surface area contributed by atoms with Crippen molar-refractivity contribution in [2.45, 2.75) is 25.3 Å². The van der Waals surface area contributed by atoms with Crippen LogP contribution in [0.1, 0.15) is 34.8 Å². The van der Waals surface area contributed by atoms with Gasteiger partial charge in [-0.15, -0.1) is 0 Å². The number of carbonyl (C=O) groups is 2. The molecule has 7 heteroatoms. The molecule has 2 amide bonds. The fourth-order valence-corrected chi connectivity index (χ4v) is 3.70. The van der Waals surface area contributed by atoms with Crippen LogP contribution in [0.3, 0.4) is 0 Å². The zero-order valence-electron chi connectivity index (χ0n) is 14.9. The van der Waals surface area contributed by atoms with E-state index in [-0.39, 0.29) is 18.4 Å². The highest BCUT2D eigenvalue weighted by Gasteiger charge is 2.28. The van der Waals surface area contributed by atoms with Crippen LogP contribution < -0.4 is 5.73 Å². The van der Waals surface area contributed by atoms with Crippen LogP contribution in [0.15, 0.2) is 48.8 Å². The Balaban J connectivity index is 1.61. The molecule has 4 rings (SSSR count). The molecule has 1 fully saturated rings. The number of likely N-dealkylation sites (tertiary alicyclic amines) is 1. The maximum Gasteiger partial charge on any atom is 0.250 e. The van der Waals surface area contributed by atoms with Crippen molar-refractivity contribution in [3.8, 4) is 0 Å². The molecule has 27 heavy (non-hydrogen) atoms. The highest BCUT2D eigenvalue weighted by Crippen LogP contribution is 2.30. The first-order valence-corrected chi connectivity index (χ1v) is 9.06. The van der Waals surface area contributed by atoms with Gasteiger partial charge in [-0.1, -0.05) is 18.2 Å². The molecular formula is C20H21N5O2. The summed E-state index contributed by atoms with van der Waals surface area (Å²) in [5, 5.41) is 4.98. The third-order valence-electron chi connectivity index (χ3n) is 5.04. The molecule has 0 saturated carbocycles. The molecule has 0 radical (unpaired) electrons. The van der Waals surface area contributed by atoms with Crippen molar-refractivity contribution < 1.29 is 9.59 Å². The largest absolute Gasteiger partial charge is 0.366 e. The maximum atomic E-state index is 12.6. The van der Waals surface area contributed by atoms with Crippen LogP contribution in [0.25, 0.3) is 10.9 Å². The number of nitrogens with zero attached hydrogens (tertiary/aromatic N) is 4. The smallest absolute Gasteiger partial charge is 0.250 e.